The first-order valence-corrected chi connectivity index (χ1v) is 7.80. The maximum atomic E-state index is 5.91. The second-order valence-corrected chi connectivity index (χ2v) is 5.33. The minimum atomic E-state index is -0.583. The Bertz CT molecular complexity index is 834. The summed E-state index contributed by atoms with van der Waals surface area (Å²) in [6.07, 6.45) is -0.583. The van der Waals surface area contributed by atoms with Gasteiger partial charge in [-0.3, -0.25) is 0 Å². The maximum absolute atomic E-state index is 5.91. The van der Waals surface area contributed by atoms with Crippen LogP contribution in [-0.4, -0.2) is 0 Å². The molecular weight excluding hydrogens is 312 g/mol. The summed E-state index contributed by atoms with van der Waals surface area (Å²) in [5.74, 6) is 0. The predicted molar refractivity (Wildman–Crippen MR) is 99.9 cm³/mol. The Morgan fingerprint density at radius 2 is 1.00 bits per heavy atom. The van der Waals surface area contributed by atoms with E-state index in [4.69, 9.17) is 11.5 Å². The van der Waals surface area contributed by atoms with Gasteiger partial charge in [0, 0.05) is 5.56 Å². The summed E-state index contributed by atoms with van der Waals surface area (Å²) in [5.41, 5.74) is 15.0. The van der Waals surface area contributed by atoms with Gasteiger partial charge in [-0.15, -0.1) is 0 Å². The Morgan fingerprint density at radius 1 is 0.560 bits per heavy atom. The number of nitrogen functional groups attached to an aromatic ring is 2. The zero-order valence-electron chi connectivity index (χ0n) is 13.5. The van der Waals surface area contributed by atoms with E-state index in [-0.39, 0.29) is 0 Å². The first-order chi connectivity index (χ1) is 12.2. The van der Waals surface area contributed by atoms with Crippen LogP contribution in [-0.2, 0) is 0 Å². The van der Waals surface area contributed by atoms with Gasteiger partial charge in [0.25, 0.3) is 0 Å². The highest BCUT2D eigenvalue weighted by molar-refractivity contribution is 5.62. The highest BCUT2D eigenvalue weighted by atomic mass is 15.3. The van der Waals surface area contributed by atoms with Crippen molar-refractivity contribution < 1.29 is 0 Å². The van der Waals surface area contributed by atoms with Crippen LogP contribution in [0.4, 0.5) is 22.7 Å². The van der Waals surface area contributed by atoms with Crippen molar-refractivity contribution in [3.63, 3.8) is 0 Å². The average molecular weight is 330 g/mol. The number of azo groups is 2. The third-order valence-corrected chi connectivity index (χ3v) is 3.52. The first kappa shape index (κ1) is 16.3. The van der Waals surface area contributed by atoms with E-state index in [1.54, 1.807) is 24.3 Å². The maximum Gasteiger partial charge on any atom is 0.206 e. The van der Waals surface area contributed by atoms with Crippen molar-refractivity contribution in [1.82, 2.24) is 0 Å². The number of nitrogens with two attached hydrogens (primary N) is 2. The number of hydrogen-bond donors (Lipinski definition) is 2. The molecule has 6 heteroatoms. The molecule has 0 bridgehead atoms. The second-order valence-electron chi connectivity index (χ2n) is 5.33. The van der Waals surface area contributed by atoms with E-state index in [1.165, 1.54) is 0 Å². The molecule has 0 fully saturated rings. The van der Waals surface area contributed by atoms with Crippen molar-refractivity contribution in [1.29, 1.82) is 0 Å². The van der Waals surface area contributed by atoms with Gasteiger partial charge in [-0.2, -0.15) is 20.5 Å². The lowest BCUT2D eigenvalue weighted by molar-refractivity contribution is 0.689. The largest absolute Gasteiger partial charge is 0.397 e. The molecule has 0 saturated heterocycles. The number of anilines is 2. The third kappa shape index (κ3) is 4.26. The molecule has 3 rings (SSSR count). The molecule has 0 aliphatic heterocycles. The van der Waals surface area contributed by atoms with Gasteiger partial charge < -0.3 is 11.5 Å². The summed E-state index contributed by atoms with van der Waals surface area (Å²) in [6, 6.07) is 24.2. The summed E-state index contributed by atoms with van der Waals surface area (Å²) < 4.78 is 0. The van der Waals surface area contributed by atoms with E-state index in [2.05, 4.69) is 20.5 Å². The van der Waals surface area contributed by atoms with Gasteiger partial charge in [-0.25, -0.2) is 0 Å². The van der Waals surface area contributed by atoms with Crippen LogP contribution in [0.5, 0.6) is 0 Å². The lowest BCUT2D eigenvalue weighted by Crippen LogP contribution is -1.91. The first-order valence-electron chi connectivity index (χ1n) is 7.80. The third-order valence-electron chi connectivity index (χ3n) is 3.52. The summed E-state index contributed by atoms with van der Waals surface area (Å²) in [4.78, 5) is 0. The van der Waals surface area contributed by atoms with Gasteiger partial charge in [0.05, 0.1) is 11.4 Å². The molecule has 0 unspecified atom stereocenters. The monoisotopic (exact) mass is 330 g/mol. The van der Waals surface area contributed by atoms with Gasteiger partial charge in [-0.05, 0) is 24.3 Å². The molecule has 25 heavy (non-hydrogen) atoms. The fraction of sp³-hybridized carbons (Fsp3) is 0.0526. The van der Waals surface area contributed by atoms with Crippen LogP contribution in [0.15, 0.2) is 99.3 Å². The fourth-order valence-corrected chi connectivity index (χ4v) is 2.17. The Labute approximate surface area is 145 Å². The van der Waals surface area contributed by atoms with Gasteiger partial charge in [0.2, 0.25) is 6.17 Å². The Morgan fingerprint density at radius 3 is 1.48 bits per heavy atom. The molecule has 4 N–H and O–H groups in total. The molecule has 0 heterocycles. The molecule has 0 aromatic heterocycles. The molecule has 6 nitrogen and oxygen atoms in total. The topological polar surface area (TPSA) is 101 Å². The molecule has 0 atom stereocenters. The van der Waals surface area contributed by atoms with Crippen LogP contribution < -0.4 is 11.5 Å². The molecule has 0 saturated carbocycles. The molecule has 0 radical (unpaired) electrons. The van der Waals surface area contributed by atoms with Gasteiger partial charge >= 0.3 is 0 Å². The van der Waals surface area contributed by atoms with Crippen molar-refractivity contribution in [2.45, 2.75) is 6.17 Å². The Hall–Kier alpha value is -3.54. The van der Waals surface area contributed by atoms with Crippen LogP contribution in [0.1, 0.15) is 11.7 Å². The zero-order chi connectivity index (χ0) is 17.5. The number of hydrogen-bond acceptors (Lipinski definition) is 6. The molecule has 3 aromatic rings. The molecule has 0 aliphatic carbocycles. The SMILES string of the molecule is Nc1ccccc1N=NC(N=Nc1ccccc1N)c1ccccc1. The van der Waals surface area contributed by atoms with Gasteiger partial charge in [-0.1, -0.05) is 54.6 Å². The van der Waals surface area contributed by atoms with Crippen LogP contribution in [0.25, 0.3) is 0 Å². The van der Waals surface area contributed by atoms with Crippen LogP contribution in [0, 0.1) is 0 Å². The van der Waals surface area contributed by atoms with E-state index in [0.29, 0.717) is 22.7 Å². The van der Waals surface area contributed by atoms with Crippen molar-refractivity contribution in [3.05, 3.63) is 84.4 Å². The molecule has 0 amide bonds. The van der Waals surface area contributed by atoms with Crippen LogP contribution in [0.3, 0.4) is 0 Å². The molecule has 124 valence electrons. The van der Waals surface area contributed by atoms with E-state index in [9.17, 15) is 0 Å². The summed E-state index contributed by atoms with van der Waals surface area (Å²) in [6.45, 7) is 0. The van der Waals surface area contributed by atoms with E-state index in [0.717, 1.165) is 5.56 Å². The standard InChI is InChI=1S/C19H18N6/c20-15-10-4-6-12-17(15)22-24-19(14-8-2-1-3-9-14)25-23-18-13-7-5-11-16(18)21/h1-13,19H,20-21H2. The van der Waals surface area contributed by atoms with E-state index >= 15 is 0 Å². The van der Waals surface area contributed by atoms with Crippen molar-refractivity contribution in [3.8, 4) is 0 Å². The summed E-state index contributed by atoms with van der Waals surface area (Å²) >= 11 is 0. The molecular formula is C19H18N6. The van der Waals surface area contributed by atoms with Crippen LogP contribution >= 0.6 is 0 Å². The molecule has 0 aliphatic rings. The van der Waals surface area contributed by atoms with Crippen molar-refractivity contribution >= 4 is 22.7 Å². The molecule has 3 aromatic carbocycles. The fourth-order valence-electron chi connectivity index (χ4n) is 2.17. The Kier molecular flexibility index (Phi) is 5.11. The second kappa shape index (κ2) is 7.83. The minimum absolute atomic E-state index is 0.558. The summed E-state index contributed by atoms with van der Waals surface area (Å²) in [7, 11) is 0. The minimum Gasteiger partial charge on any atom is -0.397 e. The lowest BCUT2D eigenvalue weighted by Gasteiger charge is -2.06. The zero-order valence-corrected chi connectivity index (χ0v) is 13.5. The number of para-hydroxylation sites is 2. The molecule has 0 spiro atoms. The predicted octanol–water partition coefficient (Wildman–Crippen LogP) is 5.42. The van der Waals surface area contributed by atoms with Gasteiger partial charge in [0.15, 0.2) is 0 Å². The summed E-state index contributed by atoms with van der Waals surface area (Å²) in [5, 5.41) is 17.1. The van der Waals surface area contributed by atoms with Crippen molar-refractivity contribution in [2.24, 2.45) is 20.5 Å². The smallest absolute Gasteiger partial charge is 0.206 e. The highest BCUT2D eigenvalue weighted by Crippen LogP contribution is 2.28. The van der Waals surface area contributed by atoms with Crippen molar-refractivity contribution in [2.75, 3.05) is 11.5 Å². The van der Waals surface area contributed by atoms with E-state index < -0.39 is 6.17 Å². The highest BCUT2D eigenvalue weighted by Gasteiger charge is 2.09. The quantitative estimate of drug-likeness (QED) is 0.482. The van der Waals surface area contributed by atoms with E-state index in [1.807, 2.05) is 54.6 Å². The lowest BCUT2D eigenvalue weighted by atomic mass is 10.2. The number of benzene rings is 3. The van der Waals surface area contributed by atoms with Crippen LogP contribution in [0.2, 0.25) is 0 Å². The Balaban J connectivity index is 1.91. The number of nitrogens with zero attached hydrogens (tertiary/aromatic N) is 4. The number of rotatable bonds is 5. The average Bonchev–Trinajstić information content (AvgIpc) is 2.65. The normalized spacial score (nSPS) is 12.6. The van der Waals surface area contributed by atoms with Gasteiger partial charge in [0.1, 0.15) is 11.4 Å².